The molecule has 0 radical (unpaired) electrons. The molecule has 3 heterocycles. The third-order valence-corrected chi connectivity index (χ3v) is 7.03. The van der Waals surface area contributed by atoms with E-state index in [1.54, 1.807) is 19.1 Å². The van der Waals surface area contributed by atoms with Gasteiger partial charge in [-0.15, -0.1) is 0 Å². The van der Waals surface area contributed by atoms with Gasteiger partial charge in [-0.3, -0.25) is 14.8 Å². The van der Waals surface area contributed by atoms with E-state index in [4.69, 9.17) is 11.6 Å². The number of aryl methyl sites for hydroxylation is 1. The van der Waals surface area contributed by atoms with E-state index in [9.17, 15) is 23.1 Å². The number of halogens is 6. The summed E-state index contributed by atoms with van der Waals surface area (Å²) < 4.78 is 73.3. The number of rotatable bonds is 8. The number of nitrogens with one attached hydrogen (secondary N) is 2. The number of hydrogen-bond donors (Lipinski definition) is 3. The molecule has 0 bridgehead atoms. The molecule has 1 fully saturated rings. The maximum atomic E-state index is 15.3. The molecule has 204 valence electrons. The van der Waals surface area contributed by atoms with E-state index in [1.165, 1.54) is 12.1 Å². The van der Waals surface area contributed by atoms with Crippen LogP contribution in [0.4, 0.5) is 33.6 Å². The number of benzene rings is 1. The molecule has 3 aromatic rings. The number of likely N-dealkylation sites (tertiary alicyclic amines) is 1. The average Bonchev–Trinajstić information content (AvgIpc) is 3.25. The number of pyridine rings is 1. The molecule has 1 aliphatic heterocycles. The van der Waals surface area contributed by atoms with Crippen LogP contribution in [0, 0.1) is 29.8 Å². The first kappa shape index (κ1) is 27.8. The monoisotopic (exact) mass is 557 g/mol. The standard InChI is InChI=1S/C25H25ClF5N5O2/c1-13-10-17(35-34-13)33-22-21(29)18(24(2,30)31)20(28)16(32-22)11-25(23(37)38)6-8-36(9-7-25)12-14-4-3-5-15(26)19(14)27/h3-5,10H,6-9,11-12H2,1-2H3,(H,37,38)(H2,32,33,34,35). The van der Waals surface area contributed by atoms with Crippen LogP contribution in [0.25, 0.3) is 0 Å². The van der Waals surface area contributed by atoms with Gasteiger partial charge in [0.15, 0.2) is 23.3 Å². The number of piperidine rings is 1. The Hall–Kier alpha value is -3.25. The molecule has 13 heteroatoms. The van der Waals surface area contributed by atoms with Crippen molar-refractivity contribution in [1.29, 1.82) is 0 Å². The summed E-state index contributed by atoms with van der Waals surface area (Å²) in [5.74, 6) is -9.57. The molecule has 1 aliphatic rings. The highest BCUT2D eigenvalue weighted by molar-refractivity contribution is 6.30. The van der Waals surface area contributed by atoms with Crippen molar-refractivity contribution in [3.05, 3.63) is 69.3 Å². The molecule has 0 atom stereocenters. The number of alkyl halides is 2. The molecular weight excluding hydrogens is 533 g/mol. The zero-order valence-corrected chi connectivity index (χ0v) is 21.3. The van der Waals surface area contributed by atoms with E-state index in [-0.39, 0.29) is 43.3 Å². The van der Waals surface area contributed by atoms with E-state index in [1.807, 2.05) is 4.90 Å². The van der Waals surface area contributed by atoms with Gasteiger partial charge in [-0.25, -0.2) is 26.9 Å². The highest BCUT2D eigenvalue weighted by Crippen LogP contribution is 2.40. The third kappa shape index (κ3) is 5.60. The van der Waals surface area contributed by atoms with Gasteiger partial charge in [0.05, 0.1) is 21.7 Å². The second-order valence-corrected chi connectivity index (χ2v) is 10.0. The average molecular weight is 558 g/mol. The van der Waals surface area contributed by atoms with Crippen LogP contribution in [0.2, 0.25) is 5.02 Å². The summed E-state index contributed by atoms with van der Waals surface area (Å²) >= 11 is 5.84. The van der Waals surface area contributed by atoms with Gasteiger partial charge in [-0.05, 0) is 38.9 Å². The number of carbonyl (C=O) groups is 1. The summed E-state index contributed by atoms with van der Waals surface area (Å²) in [6.07, 6.45) is -0.546. The number of carboxylic acid groups (broad SMARTS) is 1. The van der Waals surface area contributed by atoms with Gasteiger partial charge < -0.3 is 10.4 Å². The van der Waals surface area contributed by atoms with Crippen molar-refractivity contribution in [2.75, 3.05) is 18.4 Å². The number of anilines is 2. The summed E-state index contributed by atoms with van der Waals surface area (Å²) in [4.78, 5) is 18.1. The quantitative estimate of drug-likeness (QED) is 0.296. The van der Waals surface area contributed by atoms with Gasteiger partial charge >= 0.3 is 5.97 Å². The van der Waals surface area contributed by atoms with E-state index < -0.39 is 58.3 Å². The van der Waals surface area contributed by atoms with Crippen molar-refractivity contribution in [3.63, 3.8) is 0 Å². The number of carboxylic acids is 1. The Morgan fingerprint density at radius 1 is 1.21 bits per heavy atom. The molecule has 7 nitrogen and oxygen atoms in total. The van der Waals surface area contributed by atoms with Crippen LogP contribution in [-0.4, -0.2) is 44.2 Å². The number of aliphatic carboxylic acids is 1. The SMILES string of the molecule is Cc1cc(Nc2nc(CC3(C(=O)O)CCN(Cc4cccc(Cl)c4F)CC3)c(F)c(C(C)(F)F)c2F)n[nH]1. The Morgan fingerprint density at radius 3 is 2.47 bits per heavy atom. The zero-order valence-electron chi connectivity index (χ0n) is 20.5. The Balaban J connectivity index is 1.63. The first-order chi connectivity index (χ1) is 17.8. The van der Waals surface area contributed by atoms with Crippen LogP contribution in [0.15, 0.2) is 24.3 Å². The number of hydrogen-bond acceptors (Lipinski definition) is 5. The van der Waals surface area contributed by atoms with Crippen molar-refractivity contribution in [2.45, 2.75) is 45.6 Å². The van der Waals surface area contributed by atoms with E-state index in [2.05, 4.69) is 20.5 Å². The maximum Gasteiger partial charge on any atom is 0.310 e. The van der Waals surface area contributed by atoms with Crippen LogP contribution in [0.3, 0.4) is 0 Å². The molecule has 38 heavy (non-hydrogen) atoms. The minimum atomic E-state index is -3.91. The van der Waals surface area contributed by atoms with Gasteiger partial charge in [0.25, 0.3) is 5.92 Å². The van der Waals surface area contributed by atoms with Crippen molar-refractivity contribution >= 4 is 29.2 Å². The van der Waals surface area contributed by atoms with E-state index in [0.29, 0.717) is 18.2 Å². The summed E-state index contributed by atoms with van der Waals surface area (Å²) in [5, 5.41) is 19.0. The molecule has 0 spiro atoms. The van der Waals surface area contributed by atoms with Crippen LogP contribution in [0.5, 0.6) is 0 Å². The lowest BCUT2D eigenvalue weighted by Crippen LogP contribution is -2.45. The van der Waals surface area contributed by atoms with Crippen LogP contribution >= 0.6 is 11.6 Å². The highest BCUT2D eigenvalue weighted by Gasteiger charge is 2.44. The largest absolute Gasteiger partial charge is 0.481 e. The number of aromatic nitrogens is 3. The van der Waals surface area contributed by atoms with E-state index >= 15 is 8.78 Å². The molecule has 0 unspecified atom stereocenters. The van der Waals surface area contributed by atoms with Gasteiger partial charge in [0, 0.05) is 37.2 Å². The fourth-order valence-corrected chi connectivity index (χ4v) is 4.81. The summed E-state index contributed by atoms with van der Waals surface area (Å²) in [6, 6.07) is 6.05. The first-order valence-corrected chi connectivity index (χ1v) is 12.1. The normalized spacial score (nSPS) is 16.0. The summed E-state index contributed by atoms with van der Waals surface area (Å²) in [6.45, 7) is 2.59. The first-order valence-electron chi connectivity index (χ1n) is 11.7. The molecular formula is C25H25ClF5N5O2. The molecule has 1 aromatic carbocycles. The summed E-state index contributed by atoms with van der Waals surface area (Å²) in [7, 11) is 0. The third-order valence-electron chi connectivity index (χ3n) is 6.74. The van der Waals surface area contributed by atoms with Crippen molar-refractivity contribution in [2.24, 2.45) is 5.41 Å². The van der Waals surface area contributed by atoms with Gasteiger partial charge in [-0.1, -0.05) is 23.7 Å². The molecule has 0 aliphatic carbocycles. The Morgan fingerprint density at radius 2 is 1.89 bits per heavy atom. The zero-order chi connectivity index (χ0) is 27.8. The van der Waals surface area contributed by atoms with Crippen LogP contribution in [0.1, 0.15) is 42.3 Å². The van der Waals surface area contributed by atoms with E-state index in [0.717, 1.165) is 0 Å². The van der Waals surface area contributed by atoms with Crippen molar-refractivity contribution in [1.82, 2.24) is 20.1 Å². The molecule has 1 saturated heterocycles. The number of nitrogens with zero attached hydrogens (tertiary/aromatic N) is 3. The molecule has 3 N–H and O–H groups in total. The minimum absolute atomic E-state index is 0.00217. The van der Waals surface area contributed by atoms with Crippen molar-refractivity contribution < 1.29 is 31.9 Å². The highest BCUT2D eigenvalue weighted by atomic mass is 35.5. The lowest BCUT2D eigenvalue weighted by molar-refractivity contribution is -0.152. The predicted octanol–water partition coefficient (Wildman–Crippen LogP) is 5.95. The Bertz CT molecular complexity index is 1350. The summed E-state index contributed by atoms with van der Waals surface area (Å²) in [5.41, 5.74) is -2.74. The molecule has 0 saturated carbocycles. The topological polar surface area (TPSA) is 94.1 Å². The van der Waals surface area contributed by atoms with Gasteiger partial charge in [-0.2, -0.15) is 5.10 Å². The second-order valence-electron chi connectivity index (χ2n) is 9.61. The maximum absolute atomic E-state index is 15.3. The molecule has 2 aromatic heterocycles. The number of aromatic amines is 1. The lowest BCUT2D eigenvalue weighted by Gasteiger charge is -2.39. The Labute approximate surface area is 220 Å². The fourth-order valence-electron chi connectivity index (χ4n) is 4.62. The Kier molecular flexibility index (Phi) is 7.67. The van der Waals surface area contributed by atoms with Crippen LogP contribution < -0.4 is 5.32 Å². The molecule has 0 amide bonds. The fraction of sp³-hybridized carbons (Fsp3) is 0.400. The van der Waals surface area contributed by atoms with Crippen molar-refractivity contribution in [3.8, 4) is 0 Å². The minimum Gasteiger partial charge on any atom is -0.481 e. The van der Waals surface area contributed by atoms with Crippen LogP contribution in [-0.2, 0) is 23.7 Å². The smallest absolute Gasteiger partial charge is 0.310 e. The number of H-pyrrole nitrogens is 1. The lowest BCUT2D eigenvalue weighted by atomic mass is 9.74. The predicted molar refractivity (Wildman–Crippen MR) is 130 cm³/mol. The van der Waals surface area contributed by atoms with Gasteiger partial charge in [0.1, 0.15) is 5.82 Å². The van der Waals surface area contributed by atoms with Gasteiger partial charge in [0.2, 0.25) is 0 Å². The molecule has 4 rings (SSSR count). The second kappa shape index (κ2) is 10.5.